The molecule has 1 amide bonds. The van der Waals surface area contributed by atoms with Crippen molar-refractivity contribution in [3.05, 3.63) is 89.7 Å². The summed E-state index contributed by atoms with van der Waals surface area (Å²) < 4.78 is 59.8. The Bertz CT molecular complexity index is 1350. The molecule has 0 aliphatic heterocycles. The number of carbonyl (C=O) groups is 1. The van der Waals surface area contributed by atoms with Crippen LogP contribution in [-0.2, 0) is 6.18 Å². The van der Waals surface area contributed by atoms with Gasteiger partial charge in [-0.05, 0) is 66.6 Å². The van der Waals surface area contributed by atoms with Gasteiger partial charge in [-0.25, -0.2) is 9.07 Å². The maximum atomic E-state index is 14.5. The summed E-state index contributed by atoms with van der Waals surface area (Å²) in [5.41, 5.74) is 0.431. The number of amides is 1. The number of carbonyl (C=O) groups excluding carboxylic acids is 1. The number of ether oxygens (including phenoxy) is 1. The normalized spacial score (nSPS) is 11.5. The Balaban J connectivity index is 1.57. The van der Waals surface area contributed by atoms with E-state index in [4.69, 9.17) is 4.74 Å². The van der Waals surface area contributed by atoms with E-state index in [2.05, 4.69) is 15.4 Å². The van der Waals surface area contributed by atoms with Crippen LogP contribution in [0.25, 0.3) is 17.1 Å². The average Bonchev–Trinajstić information content (AvgIpc) is 3.27. The molecule has 0 aliphatic rings. The van der Waals surface area contributed by atoms with Crippen LogP contribution in [0.3, 0.4) is 0 Å². The number of nitrogens with one attached hydrogen (secondary N) is 1. The lowest BCUT2D eigenvalue weighted by Gasteiger charge is -2.10. The summed E-state index contributed by atoms with van der Waals surface area (Å²) in [4.78, 5) is 16.8. The van der Waals surface area contributed by atoms with Gasteiger partial charge in [0.05, 0.1) is 23.4 Å². The predicted molar refractivity (Wildman–Crippen MR) is 126 cm³/mol. The van der Waals surface area contributed by atoms with Crippen molar-refractivity contribution in [2.45, 2.75) is 20.0 Å². The van der Waals surface area contributed by atoms with Crippen LogP contribution in [0, 0.1) is 11.7 Å². The van der Waals surface area contributed by atoms with Crippen molar-refractivity contribution in [1.82, 2.24) is 14.8 Å². The Hall–Kier alpha value is -4.21. The Morgan fingerprint density at radius 3 is 2.28 bits per heavy atom. The van der Waals surface area contributed by atoms with E-state index in [0.29, 0.717) is 18.0 Å². The highest BCUT2D eigenvalue weighted by Crippen LogP contribution is 2.29. The van der Waals surface area contributed by atoms with Crippen LogP contribution in [0.15, 0.2) is 72.8 Å². The zero-order valence-electron chi connectivity index (χ0n) is 19.4. The first-order chi connectivity index (χ1) is 17.1. The number of halogens is 4. The van der Waals surface area contributed by atoms with Crippen LogP contribution < -0.4 is 10.1 Å². The zero-order valence-corrected chi connectivity index (χ0v) is 19.4. The number of aromatic nitrogens is 3. The standard InChI is InChI=1S/C26H22F4N4O2/c1-16(2)15-36-25-32-23(21-5-3-4-6-22(21)27)34(33-25)20-13-11-19(12-14-20)31-24(35)17-7-9-18(10-8-17)26(28,29)30/h3-14,16H,15H2,1-2H3,(H,31,35). The first-order valence-electron chi connectivity index (χ1n) is 11.1. The SMILES string of the molecule is CC(C)COc1nc(-c2ccccc2F)n(-c2ccc(NC(=O)c3ccc(C(F)(F)F)cc3)cc2)n1. The summed E-state index contributed by atoms with van der Waals surface area (Å²) in [7, 11) is 0. The van der Waals surface area contributed by atoms with E-state index in [1.54, 1.807) is 42.5 Å². The molecule has 0 unspecified atom stereocenters. The highest BCUT2D eigenvalue weighted by atomic mass is 19.4. The molecule has 0 spiro atoms. The van der Waals surface area contributed by atoms with Crippen molar-refractivity contribution < 1.29 is 27.1 Å². The fraction of sp³-hybridized carbons (Fsp3) is 0.192. The van der Waals surface area contributed by atoms with Crippen LogP contribution in [-0.4, -0.2) is 27.3 Å². The van der Waals surface area contributed by atoms with Crippen LogP contribution in [0.1, 0.15) is 29.8 Å². The molecule has 1 heterocycles. The Morgan fingerprint density at radius 2 is 1.67 bits per heavy atom. The summed E-state index contributed by atoms with van der Waals surface area (Å²) >= 11 is 0. The van der Waals surface area contributed by atoms with Gasteiger partial charge in [-0.15, -0.1) is 5.10 Å². The van der Waals surface area contributed by atoms with E-state index in [-0.39, 0.29) is 28.9 Å². The predicted octanol–water partition coefficient (Wildman–Crippen LogP) is 6.38. The number of hydrogen-bond donors (Lipinski definition) is 1. The van der Waals surface area contributed by atoms with Crippen LogP contribution in [0.5, 0.6) is 6.01 Å². The minimum absolute atomic E-state index is 0.0807. The van der Waals surface area contributed by atoms with E-state index >= 15 is 0 Å². The van der Waals surface area contributed by atoms with Crippen LogP contribution in [0.2, 0.25) is 0 Å². The molecule has 4 aromatic rings. The van der Waals surface area contributed by atoms with Gasteiger partial charge in [0.2, 0.25) is 0 Å². The van der Waals surface area contributed by atoms with Gasteiger partial charge in [-0.1, -0.05) is 26.0 Å². The third kappa shape index (κ3) is 5.70. The van der Waals surface area contributed by atoms with Gasteiger partial charge in [0, 0.05) is 11.3 Å². The van der Waals surface area contributed by atoms with Crippen molar-refractivity contribution in [2.24, 2.45) is 5.92 Å². The van der Waals surface area contributed by atoms with Gasteiger partial charge in [-0.2, -0.15) is 18.2 Å². The molecule has 36 heavy (non-hydrogen) atoms. The largest absolute Gasteiger partial charge is 0.462 e. The molecule has 0 bridgehead atoms. The molecule has 0 saturated carbocycles. The highest BCUT2D eigenvalue weighted by molar-refractivity contribution is 6.04. The zero-order chi connectivity index (χ0) is 25.9. The van der Waals surface area contributed by atoms with Crippen molar-refractivity contribution in [3.63, 3.8) is 0 Å². The lowest BCUT2D eigenvalue weighted by molar-refractivity contribution is -0.137. The van der Waals surface area contributed by atoms with Crippen molar-refractivity contribution in [2.75, 3.05) is 11.9 Å². The topological polar surface area (TPSA) is 69.0 Å². The third-order valence-electron chi connectivity index (χ3n) is 5.09. The summed E-state index contributed by atoms with van der Waals surface area (Å²) in [6.45, 7) is 4.34. The first-order valence-corrected chi connectivity index (χ1v) is 11.1. The summed E-state index contributed by atoms with van der Waals surface area (Å²) in [6.07, 6.45) is -4.48. The molecule has 0 fully saturated rings. The second kappa shape index (κ2) is 10.2. The molecule has 1 N–H and O–H groups in total. The minimum Gasteiger partial charge on any atom is -0.462 e. The van der Waals surface area contributed by atoms with Gasteiger partial charge in [0.1, 0.15) is 5.82 Å². The first kappa shape index (κ1) is 24.9. The molecule has 6 nitrogen and oxygen atoms in total. The molecule has 0 radical (unpaired) electrons. The monoisotopic (exact) mass is 498 g/mol. The Labute approximate surface area is 204 Å². The molecule has 1 aromatic heterocycles. The van der Waals surface area contributed by atoms with E-state index in [1.165, 1.54) is 10.7 Å². The van der Waals surface area contributed by atoms with E-state index < -0.39 is 23.5 Å². The van der Waals surface area contributed by atoms with E-state index in [0.717, 1.165) is 24.3 Å². The smallest absolute Gasteiger partial charge is 0.416 e. The minimum atomic E-state index is -4.48. The van der Waals surface area contributed by atoms with Crippen molar-refractivity contribution in [1.29, 1.82) is 0 Å². The number of alkyl halides is 3. The fourth-order valence-corrected chi connectivity index (χ4v) is 3.29. The highest BCUT2D eigenvalue weighted by Gasteiger charge is 2.30. The number of benzene rings is 3. The van der Waals surface area contributed by atoms with Gasteiger partial charge in [0.15, 0.2) is 5.82 Å². The quantitative estimate of drug-likeness (QED) is 0.300. The summed E-state index contributed by atoms with van der Waals surface area (Å²) in [6, 6.07) is 16.7. The summed E-state index contributed by atoms with van der Waals surface area (Å²) in [5, 5.41) is 7.01. The molecule has 0 saturated heterocycles. The Kier molecular flexibility index (Phi) is 7.05. The molecule has 0 atom stereocenters. The number of hydrogen-bond acceptors (Lipinski definition) is 4. The molecule has 0 aliphatic carbocycles. The Morgan fingerprint density at radius 1 is 1.00 bits per heavy atom. The molecule has 10 heteroatoms. The molecule has 186 valence electrons. The van der Waals surface area contributed by atoms with Crippen molar-refractivity contribution >= 4 is 11.6 Å². The molecule has 3 aromatic carbocycles. The van der Waals surface area contributed by atoms with Gasteiger partial charge in [-0.3, -0.25) is 4.79 Å². The lowest BCUT2D eigenvalue weighted by Crippen LogP contribution is -2.13. The maximum Gasteiger partial charge on any atom is 0.416 e. The maximum absolute atomic E-state index is 14.5. The lowest BCUT2D eigenvalue weighted by atomic mass is 10.1. The van der Waals surface area contributed by atoms with E-state index in [1.807, 2.05) is 13.8 Å². The third-order valence-corrected chi connectivity index (χ3v) is 5.09. The van der Waals surface area contributed by atoms with Gasteiger partial charge >= 0.3 is 12.2 Å². The fourth-order valence-electron chi connectivity index (χ4n) is 3.29. The average molecular weight is 498 g/mol. The van der Waals surface area contributed by atoms with E-state index in [9.17, 15) is 22.4 Å². The number of anilines is 1. The molecule has 4 rings (SSSR count). The summed E-state index contributed by atoms with van der Waals surface area (Å²) in [5.74, 6) is -0.551. The van der Waals surface area contributed by atoms with Gasteiger partial charge < -0.3 is 10.1 Å². The second-order valence-corrected chi connectivity index (χ2v) is 8.39. The van der Waals surface area contributed by atoms with Gasteiger partial charge in [0.25, 0.3) is 5.91 Å². The molecular weight excluding hydrogens is 476 g/mol. The van der Waals surface area contributed by atoms with Crippen LogP contribution in [0.4, 0.5) is 23.2 Å². The number of nitrogens with zero attached hydrogens (tertiary/aromatic N) is 3. The molecular formula is C26H22F4N4O2. The van der Waals surface area contributed by atoms with Crippen molar-refractivity contribution in [3.8, 4) is 23.1 Å². The second-order valence-electron chi connectivity index (χ2n) is 8.39. The van der Waals surface area contributed by atoms with Crippen LogP contribution >= 0.6 is 0 Å². The number of rotatable bonds is 7.